The number of Topliss-reactive ketones (excluding diaryl/α,β-unsaturated/α-hetero) is 1. The Balaban J connectivity index is 1.59. The number of nitrogens with one attached hydrogen (secondary N) is 1. The first-order valence-corrected chi connectivity index (χ1v) is 8.08. The van der Waals surface area contributed by atoms with E-state index in [9.17, 15) is 9.59 Å². The van der Waals surface area contributed by atoms with E-state index in [1.165, 1.54) is 18.3 Å². The average Bonchev–Trinajstić information content (AvgIpc) is 3.15. The number of rotatable bonds is 4. The van der Waals surface area contributed by atoms with E-state index in [-0.39, 0.29) is 11.7 Å². The molecule has 8 heteroatoms. The molecule has 3 aromatic rings. The van der Waals surface area contributed by atoms with E-state index in [1.807, 2.05) is 0 Å². The third-order valence-corrected chi connectivity index (χ3v) is 4.58. The molecule has 1 aliphatic rings. The normalized spacial score (nSPS) is 14.1. The lowest BCUT2D eigenvalue weighted by molar-refractivity contribution is 0.101. The van der Waals surface area contributed by atoms with Crippen molar-refractivity contribution < 1.29 is 9.59 Å². The van der Waals surface area contributed by atoms with Crippen LogP contribution in [0.1, 0.15) is 51.7 Å². The van der Waals surface area contributed by atoms with Gasteiger partial charge >= 0.3 is 0 Å². The van der Waals surface area contributed by atoms with E-state index in [4.69, 9.17) is 0 Å². The van der Waals surface area contributed by atoms with Gasteiger partial charge in [0.25, 0.3) is 5.91 Å². The molecule has 0 bridgehead atoms. The molecule has 1 fully saturated rings. The first kappa shape index (κ1) is 14.0. The minimum Gasteiger partial charge on any atom is -0.320 e. The summed E-state index contributed by atoms with van der Waals surface area (Å²) >= 11 is 1.20. The Morgan fingerprint density at radius 3 is 2.87 bits per heavy atom. The van der Waals surface area contributed by atoms with Crippen molar-refractivity contribution in [1.82, 2.24) is 19.8 Å². The third-order valence-electron chi connectivity index (χ3n) is 3.68. The fraction of sp³-hybridized carbons (Fsp3) is 0.267. The molecule has 0 aliphatic heterocycles. The number of hydrogen-bond acceptors (Lipinski definition) is 6. The molecule has 4 rings (SSSR count). The number of fused-ring (bicyclic) bond motifs is 1. The van der Waals surface area contributed by atoms with Crippen molar-refractivity contribution in [1.29, 1.82) is 0 Å². The van der Waals surface area contributed by atoms with Gasteiger partial charge in [0.1, 0.15) is 0 Å². The Morgan fingerprint density at radius 2 is 2.13 bits per heavy atom. The molecular formula is C15H13N5O2S. The van der Waals surface area contributed by atoms with Crippen LogP contribution < -0.4 is 5.32 Å². The van der Waals surface area contributed by atoms with Crippen LogP contribution in [0.2, 0.25) is 0 Å². The van der Waals surface area contributed by atoms with E-state index in [1.54, 1.807) is 28.8 Å². The number of hydrogen-bond donors (Lipinski definition) is 1. The number of anilines is 1. The molecule has 1 saturated carbocycles. The second-order valence-electron chi connectivity index (χ2n) is 5.53. The van der Waals surface area contributed by atoms with Gasteiger partial charge in [-0.25, -0.2) is 0 Å². The lowest BCUT2D eigenvalue weighted by Crippen LogP contribution is -2.12. The molecule has 7 nitrogen and oxygen atoms in total. The fourth-order valence-electron chi connectivity index (χ4n) is 2.32. The summed E-state index contributed by atoms with van der Waals surface area (Å²) in [6.45, 7) is 1.49. The highest BCUT2D eigenvalue weighted by Crippen LogP contribution is 2.39. The monoisotopic (exact) mass is 327 g/mol. The van der Waals surface area contributed by atoms with Crippen molar-refractivity contribution in [3.63, 3.8) is 0 Å². The van der Waals surface area contributed by atoms with Crippen LogP contribution in [-0.4, -0.2) is 31.5 Å². The van der Waals surface area contributed by atoms with Crippen LogP contribution in [0.4, 0.5) is 5.69 Å². The maximum Gasteiger partial charge on any atom is 0.286 e. The summed E-state index contributed by atoms with van der Waals surface area (Å²) < 4.78 is 1.66. The summed E-state index contributed by atoms with van der Waals surface area (Å²) in [5, 5.41) is 15.6. The van der Waals surface area contributed by atoms with Gasteiger partial charge in [-0.1, -0.05) is 23.5 Å². The third kappa shape index (κ3) is 2.61. The topological polar surface area (TPSA) is 89.2 Å². The molecule has 1 aromatic carbocycles. The zero-order valence-electron chi connectivity index (χ0n) is 12.3. The number of aromatic nitrogens is 4. The van der Waals surface area contributed by atoms with Crippen LogP contribution in [-0.2, 0) is 0 Å². The summed E-state index contributed by atoms with van der Waals surface area (Å²) in [6, 6.07) is 6.83. The van der Waals surface area contributed by atoms with E-state index in [0.29, 0.717) is 27.1 Å². The zero-order valence-corrected chi connectivity index (χ0v) is 13.1. The molecule has 2 aromatic heterocycles. The summed E-state index contributed by atoms with van der Waals surface area (Å²) in [7, 11) is 0. The molecule has 1 N–H and O–H groups in total. The van der Waals surface area contributed by atoms with Crippen molar-refractivity contribution in [2.24, 2.45) is 0 Å². The highest BCUT2D eigenvalue weighted by Gasteiger charge is 2.30. The molecule has 0 atom stereocenters. The molecule has 0 unspecified atom stereocenters. The summed E-state index contributed by atoms with van der Waals surface area (Å²) in [4.78, 5) is 24.4. The van der Waals surface area contributed by atoms with Crippen molar-refractivity contribution in [2.75, 3.05) is 5.32 Å². The summed E-state index contributed by atoms with van der Waals surface area (Å²) in [6.07, 6.45) is 2.19. The number of ketones is 1. The molecule has 1 amide bonds. The lowest BCUT2D eigenvalue weighted by Gasteiger charge is -2.04. The highest BCUT2D eigenvalue weighted by atomic mass is 32.1. The number of benzene rings is 1. The number of nitrogens with zero attached hydrogens (tertiary/aromatic N) is 4. The van der Waals surface area contributed by atoms with Crippen LogP contribution in [0.3, 0.4) is 0 Å². The van der Waals surface area contributed by atoms with Crippen LogP contribution in [0.5, 0.6) is 0 Å². The average molecular weight is 327 g/mol. The van der Waals surface area contributed by atoms with Gasteiger partial charge in [0, 0.05) is 17.2 Å². The van der Waals surface area contributed by atoms with Crippen molar-refractivity contribution >= 4 is 33.7 Å². The number of carbonyl (C=O) groups is 2. The number of carbonyl (C=O) groups excluding carboxylic acids is 2. The van der Waals surface area contributed by atoms with E-state index in [0.717, 1.165) is 18.7 Å². The minimum atomic E-state index is -0.317. The Morgan fingerprint density at radius 1 is 1.30 bits per heavy atom. The zero-order chi connectivity index (χ0) is 16.0. The van der Waals surface area contributed by atoms with Crippen molar-refractivity contribution in [2.45, 2.75) is 25.7 Å². The van der Waals surface area contributed by atoms with Crippen LogP contribution in [0.15, 0.2) is 24.3 Å². The molecular weight excluding hydrogens is 314 g/mol. The first-order valence-electron chi connectivity index (χ1n) is 7.26. The van der Waals surface area contributed by atoms with Gasteiger partial charge < -0.3 is 5.32 Å². The van der Waals surface area contributed by atoms with Crippen LogP contribution in [0.25, 0.3) is 4.96 Å². The Bertz CT molecular complexity index is 925. The van der Waals surface area contributed by atoms with Gasteiger partial charge in [-0.05, 0) is 31.9 Å². The minimum absolute atomic E-state index is 0.0473. The Hall–Kier alpha value is -2.61. The molecule has 1 aliphatic carbocycles. The second-order valence-corrected chi connectivity index (χ2v) is 6.48. The van der Waals surface area contributed by atoms with Gasteiger partial charge in [-0.3, -0.25) is 9.59 Å². The highest BCUT2D eigenvalue weighted by molar-refractivity contribution is 7.18. The van der Waals surface area contributed by atoms with Gasteiger partial charge in [0.05, 0.1) is 0 Å². The largest absolute Gasteiger partial charge is 0.320 e. The molecule has 23 heavy (non-hydrogen) atoms. The fourth-order valence-corrected chi connectivity index (χ4v) is 3.06. The Kier molecular flexibility index (Phi) is 3.19. The van der Waals surface area contributed by atoms with Gasteiger partial charge in [0.2, 0.25) is 9.97 Å². The quantitative estimate of drug-likeness (QED) is 0.744. The second kappa shape index (κ2) is 5.24. The van der Waals surface area contributed by atoms with E-state index >= 15 is 0 Å². The van der Waals surface area contributed by atoms with Gasteiger partial charge in [0.15, 0.2) is 11.6 Å². The standard InChI is InChI=1S/C15H13N5O2S/c1-8(21)10-3-2-4-11(7-10)16-13(22)14-19-20-12(9-5-6-9)17-18-15(20)23-14/h2-4,7,9H,5-6H2,1H3,(H,16,22). The predicted molar refractivity (Wildman–Crippen MR) is 85.0 cm³/mol. The molecule has 2 heterocycles. The van der Waals surface area contributed by atoms with Crippen LogP contribution in [0, 0.1) is 0 Å². The van der Waals surface area contributed by atoms with E-state index < -0.39 is 0 Å². The maximum absolute atomic E-state index is 12.3. The predicted octanol–water partition coefficient (Wildman–Crippen LogP) is 2.52. The molecule has 0 spiro atoms. The molecule has 116 valence electrons. The van der Waals surface area contributed by atoms with Gasteiger partial charge in [-0.2, -0.15) is 4.52 Å². The lowest BCUT2D eigenvalue weighted by atomic mass is 10.1. The summed E-state index contributed by atoms with van der Waals surface area (Å²) in [5.41, 5.74) is 1.12. The SMILES string of the molecule is CC(=O)c1cccc(NC(=O)c2nn3c(C4CC4)nnc3s2)c1. The molecule has 0 saturated heterocycles. The Labute approximate surface area is 135 Å². The van der Waals surface area contributed by atoms with Crippen molar-refractivity contribution in [3.8, 4) is 0 Å². The molecule has 0 radical (unpaired) electrons. The van der Waals surface area contributed by atoms with Crippen molar-refractivity contribution in [3.05, 3.63) is 40.7 Å². The smallest absolute Gasteiger partial charge is 0.286 e. The first-order chi connectivity index (χ1) is 11.1. The van der Waals surface area contributed by atoms with Crippen LogP contribution >= 0.6 is 11.3 Å². The number of amides is 1. The van der Waals surface area contributed by atoms with E-state index in [2.05, 4.69) is 20.6 Å². The maximum atomic E-state index is 12.3. The van der Waals surface area contributed by atoms with Gasteiger partial charge in [-0.15, -0.1) is 15.3 Å². The summed E-state index contributed by atoms with van der Waals surface area (Å²) in [5.74, 6) is 0.876.